The first-order valence-corrected chi connectivity index (χ1v) is 1.01. The summed E-state index contributed by atoms with van der Waals surface area (Å²) in [6.07, 6.45) is -5.81. The van der Waals surface area contributed by atoms with E-state index >= 15 is 0 Å². The Bertz CT molecular complexity index is 56.6. The normalized spacial score (nSPS) is 6.00. The van der Waals surface area contributed by atoms with Gasteiger partial charge in [-0.1, -0.05) is 0 Å². The van der Waals surface area contributed by atoms with Gasteiger partial charge in [0.2, 0.25) is 0 Å². The Morgan fingerprint density at radius 3 is 0.750 bits per heavy atom. The quantitative estimate of drug-likeness (QED) is 0.299. The highest BCUT2D eigenvalue weighted by molar-refractivity contribution is 4.77. The largest absolute Gasteiger partial charge is 1.00 e. The van der Waals surface area contributed by atoms with Crippen LogP contribution in [0, 0.1) is 0 Å². The average molecular weight is 138 g/mol. The van der Waals surface area contributed by atoms with Gasteiger partial charge < -0.3 is 9.41 Å². The molecule has 6 heteroatoms. The maximum atomic E-state index is 10.3. The summed E-state index contributed by atoms with van der Waals surface area (Å²) in [6.45, 7) is 0. The third kappa shape index (κ3) is 9.01. The van der Waals surface area contributed by atoms with E-state index in [0.29, 0.717) is 0 Å². The van der Waals surface area contributed by atoms with E-state index in [1.165, 1.54) is 0 Å². The van der Waals surface area contributed by atoms with Gasteiger partial charge in [0, 0.05) is 0 Å². The molecule has 0 saturated heterocycles. The summed E-state index contributed by atoms with van der Waals surface area (Å²) in [5, 5.41) is 0. The lowest BCUT2D eigenvalue weighted by molar-refractivity contribution is -0.001000. The fraction of sp³-hybridized carbons (Fsp3) is 0. The molecule has 0 amide bonds. The highest BCUT2D eigenvalue weighted by Crippen LogP contribution is 2.08. The van der Waals surface area contributed by atoms with E-state index in [1.807, 2.05) is 0 Å². The second kappa shape index (κ2) is 6.32. The number of halogens is 6. The smallest absolute Gasteiger partial charge is 0.334 e. The summed E-state index contributed by atoms with van der Waals surface area (Å²) in [6, 6.07) is 0. The predicted octanol–water partition coefficient (Wildman–Crippen LogP) is -4.00. The van der Waals surface area contributed by atoms with E-state index < -0.39 is 12.2 Å². The summed E-state index contributed by atoms with van der Waals surface area (Å²) >= 11 is 0. The third-order valence-electron chi connectivity index (χ3n) is 0.143. The highest BCUT2D eigenvalue weighted by atomic mass is 19.3. The van der Waals surface area contributed by atoms with Crippen LogP contribution in [0.15, 0.2) is 12.2 Å². The SMILES string of the molecule is FC(F)=C(F)F.[F-].[F-]. The number of rotatable bonds is 0. The van der Waals surface area contributed by atoms with Crippen LogP contribution < -0.4 is 9.41 Å². The van der Waals surface area contributed by atoms with Crippen LogP contribution in [0.25, 0.3) is 0 Å². The summed E-state index contributed by atoms with van der Waals surface area (Å²) in [5.41, 5.74) is 0. The van der Waals surface area contributed by atoms with Crippen LogP contribution in [0.2, 0.25) is 0 Å². The first kappa shape index (κ1) is 15.7. The minimum Gasteiger partial charge on any atom is -1.00 e. The molecule has 0 spiro atoms. The van der Waals surface area contributed by atoms with E-state index in [0.717, 1.165) is 0 Å². The molecule has 0 rings (SSSR count). The molecule has 0 aliphatic carbocycles. The lowest BCUT2D eigenvalue weighted by Gasteiger charge is -1.69. The molecule has 0 fully saturated rings. The first-order valence-electron chi connectivity index (χ1n) is 1.01. The van der Waals surface area contributed by atoms with Crippen molar-refractivity contribution in [3.05, 3.63) is 12.2 Å². The highest BCUT2D eigenvalue weighted by Gasteiger charge is 1.98. The van der Waals surface area contributed by atoms with Gasteiger partial charge in [-0.2, -0.15) is 17.6 Å². The second-order valence-electron chi connectivity index (χ2n) is 0.521. The molecule has 0 N–H and O–H groups in total. The minimum atomic E-state index is -2.91. The monoisotopic (exact) mass is 138 g/mol. The van der Waals surface area contributed by atoms with Crippen LogP contribution >= 0.6 is 0 Å². The van der Waals surface area contributed by atoms with Crippen LogP contribution in [-0.2, 0) is 0 Å². The van der Waals surface area contributed by atoms with Crippen LogP contribution in [0.5, 0.6) is 0 Å². The Balaban J connectivity index is -0.000000125. The van der Waals surface area contributed by atoms with E-state index in [1.54, 1.807) is 0 Å². The molecule has 0 aliphatic rings. The van der Waals surface area contributed by atoms with Crippen molar-refractivity contribution in [3.8, 4) is 0 Å². The van der Waals surface area contributed by atoms with Gasteiger partial charge in [-0.3, -0.25) is 0 Å². The standard InChI is InChI=1S/C2F4.2FH/c3-1(4)2(5)6;;/h;2*1H/p-2. The molecule has 0 bridgehead atoms. The summed E-state index contributed by atoms with van der Waals surface area (Å²) in [5.74, 6) is 0. The first-order chi connectivity index (χ1) is 2.64. The summed E-state index contributed by atoms with van der Waals surface area (Å²) < 4.78 is 41.1. The fourth-order valence-corrected chi connectivity index (χ4v) is 0. The van der Waals surface area contributed by atoms with Gasteiger partial charge in [0.15, 0.2) is 0 Å². The predicted molar refractivity (Wildman–Crippen MR) is 11.5 cm³/mol. The van der Waals surface area contributed by atoms with Crippen LogP contribution in [0.4, 0.5) is 17.6 Å². The molecule has 0 aromatic carbocycles. The molecule has 0 heterocycles. The molecular formula is C2F6-2. The minimum absolute atomic E-state index is 0. The van der Waals surface area contributed by atoms with Crippen LogP contribution in [0.1, 0.15) is 0 Å². The van der Waals surface area contributed by atoms with Crippen molar-refractivity contribution in [3.63, 3.8) is 0 Å². The molecule has 0 aliphatic heterocycles. The van der Waals surface area contributed by atoms with Gasteiger partial charge in [-0.25, -0.2) is 0 Å². The molecule has 0 nitrogen and oxygen atoms in total. The van der Waals surface area contributed by atoms with Crippen LogP contribution in [0.3, 0.4) is 0 Å². The number of hydrogen-bond donors (Lipinski definition) is 0. The lowest BCUT2D eigenvalue weighted by Crippen LogP contribution is -3.00. The third-order valence-corrected chi connectivity index (χ3v) is 0.143. The Morgan fingerprint density at radius 2 is 0.750 bits per heavy atom. The van der Waals surface area contributed by atoms with Crippen molar-refractivity contribution in [2.24, 2.45) is 0 Å². The van der Waals surface area contributed by atoms with E-state index in [9.17, 15) is 17.6 Å². The van der Waals surface area contributed by atoms with Crippen molar-refractivity contribution >= 4 is 0 Å². The van der Waals surface area contributed by atoms with Gasteiger partial charge in [0.1, 0.15) is 0 Å². The molecule has 0 aromatic rings. The second-order valence-corrected chi connectivity index (χ2v) is 0.521. The lowest BCUT2D eigenvalue weighted by atomic mass is 11.1. The topological polar surface area (TPSA) is 0 Å². The van der Waals surface area contributed by atoms with E-state index in [-0.39, 0.29) is 9.41 Å². The van der Waals surface area contributed by atoms with Crippen molar-refractivity contribution in [2.75, 3.05) is 0 Å². The molecule has 52 valence electrons. The van der Waals surface area contributed by atoms with Crippen molar-refractivity contribution in [1.82, 2.24) is 0 Å². The molecular weight excluding hydrogens is 138 g/mol. The molecule has 0 aromatic heterocycles. The molecule has 0 atom stereocenters. The zero-order chi connectivity index (χ0) is 5.15. The Hall–Kier alpha value is -0.680. The van der Waals surface area contributed by atoms with E-state index in [2.05, 4.69) is 0 Å². The van der Waals surface area contributed by atoms with Gasteiger partial charge in [0.25, 0.3) is 0 Å². The molecule has 0 saturated carbocycles. The zero-order valence-corrected chi connectivity index (χ0v) is 3.27. The molecule has 0 radical (unpaired) electrons. The van der Waals surface area contributed by atoms with Gasteiger partial charge in [-0.15, -0.1) is 0 Å². The molecule has 0 unspecified atom stereocenters. The van der Waals surface area contributed by atoms with E-state index in [4.69, 9.17) is 0 Å². The maximum Gasteiger partial charge on any atom is 0.334 e. The van der Waals surface area contributed by atoms with Crippen LogP contribution in [-0.4, -0.2) is 0 Å². The molecule has 8 heavy (non-hydrogen) atoms. The summed E-state index contributed by atoms with van der Waals surface area (Å²) in [7, 11) is 0. The van der Waals surface area contributed by atoms with Gasteiger partial charge in [0.05, 0.1) is 0 Å². The Labute approximate surface area is 40.5 Å². The number of hydrogen-bond acceptors (Lipinski definition) is 0. The fourth-order valence-electron chi connectivity index (χ4n) is 0. The van der Waals surface area contributed by atoms with Gasteiger partial charge >= 0.3 is 12.2 Å². The van der Waals surface area contributed by atoms with Gasteiger partial charge in [-0.05, 0) is 0 Å². The van der Waals surface area contributed by atoms with Crippen molar-refractivity contribution < 1.29 is 27.0 Å². The van der Waals surface area contributed by atoms with Crippen molar-refractivity contribution in [2.45, 2.75) is 0 Å². The maximum absolute atomic E-state index is 10.3. The Morgan fingerprint density at radius 1 is 0.625 bits per heavy atom. The summed E-state index contributed by atoms with van der Waals surface area (Å²) in [4.78, 5) is 0. The zero-order valence-electron chi connectivity index (χ0n) is 3.27. The average Bonchev–Trinajstić information content (AvgIpc) is 1.36. The Kier molecular flexibility index (Phi) is 12.4. The van der Waals surface area contributed by atoms with Crippen molar-refractivity contribution in [1.29, 1.82) is 0 Å².